The minimum absolute atomic E-state index is 0.194. The van der Waals surface area contributed by atoms with Crippen molar-refractivity contribution in [2.75, 3.05) is 18.8 Å². The van der Waals surface area contributed by atoms with Crippen LogP contribution in [0, 0.1) is 5.92 Å². The highest BCUT2D eigenvalue weighted by molar-refractivity contribution is 8.14. The molecule has 1 aliphatic carbocycles. The van der Waals surface area contributed by atoms with Crippen molar-refractivity contribution in [2.45, 2.75) is 18.9 Å². The number of carbonyl (C=O) groups is 1. The number of aliphatic imine (C=N–C) groups is 1. The number of hydrogen-bond donors (Lipinski definition) is 2. The molecule has 0 bridgehead atoms. The second kappa shape index (κ2) is 6.31. The number of hydrogen-bond acceptors (Lipinski definition) is 3. The van der Waals surface area contributed by atoms with Crippen molar-refractivity contribution >= 4 is 22.8 Å². The molecule has 1 amide bonds. The average Bonchev–Trinajstić information content (AvgIpc) is 3.23. The lowest BCUT2D eigenvalue weighted by Gasteiger charge is -2.09. The molecule has 3 rings (SSSR count). The Morgan fingerprint density at radius 2 is 2.15 bits per heavy atom. The molecule has 1 aliphatic heterocycles. The van der Waals surface area contributed by atoms with Crippen LogP contribution in [0.25, 0.3) is 0 Å². The number of thioether (sulfide) groups is 1. The molecule has 1 aromatic carbocycles. The first-order chi connectivity index (χ1) is 9.83. The first-order valence-corrected chi connectivity index (χ1v) is 8.08. The van der Waals surface area contributed by atoms with Gasteiger partial charge in [-0.1, -0.05) is 42.1 Å². The summed E-state index contributed by atoms with van der Waals surface area (Å²) in [5, 5.41) is 7.34. The van der Waals surface area contributed by atoms with Gasteiger partial charge in [0.15, 0.2) is 5.17 Å². The molecular weight excluding hydrogens is 270 g/mol. The van der Waals surface area contributed by atoms with Crippen molar-refractivity contribution in [3.8, 4) is 0 Å². The molecule has 106 valence electrons. The number of benzene rings is 1. The third-order valence-corrected chi connectivity index (χ3v) is 4.52. The smallest absolute Gasteiger partial charge is 0.223 e. The molecule has 2 N–H and O–H groups in total. The van der Waals surface area contributed by atoms with Crippen molar-refractivity contribution in [1.82, 2.24) is 10.6 Å². The highest BCUT2D eigenvalue weighted by Gasteiger charge is 2.29. The minimum Gasteiger partial charge on any atom is -0.357 e. The molecule has 2 fully saturated rings. The molecule has 1 aromatic rings. The zero-order chi connectivity index (χ0) is 13.8. The molecule has 0 aromatic heterocycles. The van der Waals surface area contributed by atoms with Crippen LogP contribution in [0.3, 0.4) is 0 Å². The van der Waals surface area contributed by atoms with E-state index < -0.39 is 0 Å². The molecule has 1 saturated carbocycles. The van der Waals surface area contributed by atoms with Crippen LogP contribution in [0.1, 0.15) is 24.4 Å². The summed E-state index contributed by atoms with van der Waals surface area (Å²) < 4.78 is 0. The van der Waals surface area contributed by atoms with E-state index in [0.717, 1.165) is 23.8 Å². The van der Waals surface area contributed by atoms with Gasteiger partial charge in [-0.15, -0.1) is 0 Å². The maximum atomic E-state index is 11.5. The van der Waals surface area contributed by atoms with Gasteiger partial charge in [-0.05, 0) is 18.4 Å². The summed E-state index contributed by atoms with van der Waals surface area (Å²) in [6.07, 6.45) is 2.10. The van der Waals surface area contributed by atoms with Gasteiger partial charge in [-0.25, -0.2) is 0 Å². The molecule has 5 heteroatoms. The monoisotopic (exact) mass is 289 g/mol. The Morgan fingerprint density at radius 3 is 2.90 bits per heavy atom. The molecule has 1 unspecified atom stereocenters. The van der Waals surface area contributed by atoms with Gasteiger partial charge in [0.2, 0.25) is 5.91 Å². The molecule has 4 nitrogen and oxygen atoms in total. The van der Waals surface area contributed by atoms with Crippen LogP contribution in [0.2, 0.25) is 0 Å². The number of nitrogens with one attached hydrogen (secondary N) is 2. The van der Waals surface area contributed by atoms with Crippen molar-refractivity contribution < 1.29 is 4.79 Å². The quantitative estimate of drug-likeness (QED) is 0.815. The molecule has 0 spiro atoms. The third kappa shape index (κ3) is 3.54. The van der Waals surface area contributed by atoms with Gasteiger partial charge in [0.1, 0.15) is 0 Å². The number of nitrogens with zero attached hydrogens (tertiary/aromatic N) is 1. The van der Waals surface area contributed by atoms with E-state index in [9.17, 15) is 4.79 Å². The van der Waals surface area contributed by atoms with Crippen molar-refractivity contribution in [1.29, 1.82) is 0 Å². The van der Waals surface area contributed by atoms with Crippen LogP contribution in [0.15, 0.2) is 35.3 Å². The third-order valence-electron chi connectivity index (χ3n) is 3.50. The van der Waals surface area contributed by atoms with Gasteiger partial charge >= 0.3 is 0 Å². The lowest BCUT2D eigenvalue weighted by atomic mass is 10.1. The highest BCUT2D eigenvalue weighted by atomic mass is 32.2. The summed E-state index contributed by atoms with van der Waals surface area (Å²) in [6, 6.07) is 10.8. The van der Waals surface area contributed by atoms with E-state index in [0.29, 0.717) is 19.1 Å². The predicted octanol–water partition coefficient (Wildman–Crippen LogP) is 1.95. The zero-order valence-corrected chi connectivity index (χ0v) is 12.2. The summed E-state index contributed by atoms with van der Waals surface area (Å²) in [7, 11) is 0. The standard InChI is InChI=1S/C15H19N3OS/c19-14(12-6-7-12)16-8-9-17-15-18-13(10-20-15)11-4-2-1-3-5-11/h1-5,12-13H,6-10H2,(H,16,19)(H,17,18). The lowest BCUT2D eigenvalue weighted by molar-refractivity contribution is -0.122. The lowest BCUT2D eigenvalue weighted by Crippen LogP contribution is -2.28. The highest BCUT2D eigenvalue weighted by Crippen LogP contribution is 2.28. The van der Waals surface area contributed by atoms with E-state index >= 15 is 0 Å². The summed E-state index contributed by atoms with van der Waals surface area (Å²) in [5.41, 5.74) is 1.30. The van der Waals surface area contributed by atoms with Gasteiger partial charge in [0.05, 0.1) is 12.6 Å². The van der Waals surface area contributed by atoms with Crippen molar-refractivity contribution in [3.63, 3.8) is 0 Å². The molecule has 0 radical (unpaired) electrons. The van der Waals surface area contributed by atoms with E-state index in [2.05, 4.69) is 39.9 Å². The predicted molar refractivity (Wildman–Crippen MR) is 82.8 cm³/mol. The number of amidine groups is 1. The Hall–Kier alpha value is -1.49. The Labute approximate surface area is 123 Å². The fourth-order valence-electron chi connectivity index (χ4n) is 2.18. The number of carbonyl (C=O) groups excluding carboxylic acids is 1. The first kappa shape index (κ1) is 13.5. The Balaban J connectivity index is 1.42. The average molecular weight is 289 g/mol. The van der Waals surface area contributed by atoms with E-state index in [1.807, 2.05) is 6.07 Å². The van der Waals surface area contributed by atoms with E-state index in [1.165, 1.54) is 5.56 Å². The normalized spacial score (nSPS) is 23.6. The van der Waals surface area contributed by atoms with E-state index in [4.69, 9.17) is 0 Å². The van der Waals surface area contributed by atoms with Crippen LogP contribution in [0.5, 0.6) is 0 Å². The zero-order valence-electron chi connectivity index (χ0n) is 11.3. The van der Waals surface area contributed by atoms with Crippen LogP contribution in [-0.4, -0.2) is 29.9 Å². The molecule has 20 heavy (non-hydrogen) atoms. The second-order valence-electron chi connectivity index (χ2n) is 5.17. The molecular formula is C15H19N3OS. The Bertz CT molecular complexity index is 499. The summed E-state index contributed by atoms with van der Waals surface area (Å²) in [4.78, 5) is 16.0. The Morgan fingerprint density at radius 1 is 1.35 bits per heavy atom. The number of amides is 1. The minimum atomic E-state index is 0.194. The van der Waals surface area contributed by atoms with Crippen LogP contribution >= 0.6 is 11.8 Å². The molecule has 1 saturated heterocycles. The summed E-state index contributed by atoms with van der Waals surface area (Å²) in [5.74, 6) is 1.49. The fourth-order valence-corrected chi connectivity index (χ4v) is 3.19. The summed E-state index contributed by atoms with van der Waals surface area (Å²) in [6.45, 7) is 1.28. The van der Waals surface area contributed by atoms with E-state index in [1.54, 1.807) is 11.8 Å². The van der Waals surface area contributed by atoms with E-state index in [-0.39, 0.29) is 11.8 Å². The van der Waals surface area contributed by atoms with Gasteiger partial charge < -0.3 is 10.6 Å². The van der Waals surface area contributed by atoms with Crippen molar-refractivity contribution in [3.05, 3.63) is 35.9 Å². The topological polar surface area (TPSA) is 53.5 Å². The second-order valence-corrected chi connectivity index (χ2v) is 6.18. The first-order valence-electron chi connectivity index (χ1n) is 7.09. The van der Waals surface area contributed by atoms with Gasteiger partial charge in [0, 0.05) is 18.2 Å². The van der Waals surface area contributed by atoms with Gasteiger partial charge in [-0.2, -0.15) is 0 Å². The largest absolute Gasteiger partial charge is 0.357 e. The van der Waals surface area contributed by atoms with Gasteiger partial charge in [0.25, 0.3) is 0 Å². The SMILES string of the molecule is O=C(NCCN=C1NC(c2ccccc2)CS1)C1CC1. The Kier molecular flexibility index (Phi) is 4.25. The number of rotatable bonds is 5. The molecule has 1 atom stereocenters. The van der Waals surface area contributed by atoms with Gasteiger partial charge in [-0.3, -0.25) is 9.79 Å². The fraction of sp³-hybridized carbons (Fsp3) is 0.467. The van der Waals surface area contributed by atoms with Crippen LogP contribution in [-0.2, 0) is 4.79 Å². The maximum absolute atomic E-state index is 11.5. The van der Waals surface area contributed by atoms with Crippen molar-refractivity contribution in [2.24, 2.45) is 10.9 Å². The summed E-state index contributed by atoms with van der Waals surface area (Å²) >= 11 is 1.75. The van der Waals surface area contributed by atoms with Crippen LogP contribution in [0.4, 0.5) is 0 Å². The molecule has 2 aliphatic rings. The molecule has 1 heterocycles. The van der Waals surface area contributed by atoms with Crippen LogP contribution < -0.4 is 10.6 Å². The maximum Gasteiger partial charge on any atom is 0.223 e.